The molecule has 1 rings (SSSR count). The molecule has 0 radical (unpaired) electrons. The van der Waals surface area contributed by atoms with Crippen molar-refractivity contribution in [3.8, 4) is 0 Å². The van der Waals surface area contributed by atoms with E-state index in [1.807, 2.05) is 0 Å². The molecule has 6 heteroatoms. The molecule has 1 aliphatic rings. The summed E-state index contributed by atoms with van der Waals surface area (Å²) in [5.74, 6) is -0.894. The van der Waals surface area contributed by atoms with Gasteiger partial charge in [0.15, 0.2) is 0 Å². The van der Waals surface area contributed by atoms with Crippen LogP contribution in [0.4, 0.5) is 0 Å². The fourth-order valence-electron chi connectivity index (χ4n) is 1.02. The predicted molar refractivity (Wildman–Crippen MR) is 52.3 cm³/mol. The minimum atomic E-state index is -0.709. The molecule has 1 aliphatic heterocycles. The van der Waals surface area contributed by atoms with Crippen molar-refractivity contribution in [2.75, 3.05) is 19.8 Å². The molecule has 0 aromatic carbocycles. The van der Waals surface area contributed by atoms with Crippen molar-refractivity contribution in [2.24, 2.45) is 0 Å². The molecule has 1 saturated heterocycles. The van der Waals surface area contributed by atoms with Gasteiger partial charge in [0, 0.05) is 0 Å². The largest absolute Gasteiger partial charge is 0.463 e. The van der Waals surface area contributed by atoms with Gasteiger partial charge in [0.1, 0.15) is 25.4 Å². The van der Waals surface area contributed by atoms with Crippen molar-refractivity contribution < 1.29 is 28.8 Å². The molecular formula is C10H16O6. The van der Waals surface area contributed by atoms with Crippen LogP contribution in [0.15, 0.2) is 0 Å². The number of hydrogen-bond donors (Lipinski definition) is 0. The Kier molecular flexibility index (Phi) is 4.70. The van der Waals surface area contributed by atoms with Crippen molar-refractivity contribution in [3.63, 3.8) is 0 Å². The van der Waals surface area contributed by atoms with E-state index in [0.717, 1.165) is 0 Å². The van der Waals surface area contributed by atoms with Crippen molar-refractivity contribution in [2.45, 2.75) is 32.3 Å². The highest BCUT2D eigenvalue weighted by molar-refractivity contribution is 5.77. The van der Waals surface area contributed by atoms with Gasteiger partial charge in [-0.1, -0.05) is 0 Å². The molecule has 0 spiro atoms. The maximum Gasteiger partial charge on any atom is 0.306 e. The zero-order valence-corrected chi connectivity index (χ0v) is 9.49. The molecule has 0 amide bonds. The highest BCUT2D eigenvalue weighted by Gasteiger charge is 2.23. The van der Waals surface area contributed by atoms with Crippen LogP contribution in [0.5, 0.6) is 0 Å². The topological polar surface area (TPSA) is 71.1 Å². The highest BCUT2D eigenvalue weighted by atomic mass is 17.2. The summed E-state index contributed by atoms with van der Waals surface area (Å²) in [6.45, 7) is 3.82. The molecule has 92 valence electrons. The Morgan fingerprint density at radius 2 is 1.62 bits per heavy atom. The standard InChI is InChI=1S/C10H16O6/c1-10(2)7-14-9(12)4-3-8(11)13-5-6-15-16-10/h3-7H2,1-2H3. The first-order chi connectivity index (χ1) is 7.49. The van der Waals surface area contributed by atoms with Gasteiger partial charge < -0.3 is 9.47 Å². The second kappa shape index (κ2) is 5.81. The number of esters is 2. The third-order valence-corrected chi connectivity index (χ3v) is 1.83. The number of rotatable bonds is 0. The number of hydrogen-bond acceptors (Lipinski definition) is 6. The zero-order chi connectivity index (χ0) is 12.0. The van der Waals surface area contributed by atoms with Gasteiger partial charge >= 0.3 is 11.9 Å². The van der Waals surface area contributed by atoms with E-state index in [1.54, 1.807) is 13.8 Å². The summed E-state index contributed by atoms with van der Waals surface area (Å²) in [6.07, 6.45) is 0.0515. The van der Waals surface area contributed by atoms with E-state index < -0.39 is 17.5 Å². The van der Waals surface area contributed by atoms with Gasteiger partial charge in [-0.3, -0.25) is 9.59 Å². The summed E-state index contributed by atoms with van der Waals surface area (Å²) in [5.41, 5.74) is -0.709. The fourth-order valence-corrected chi connectivity index (χ4v) is 1.02. The SMILES string of the molecule is CC1(C)COC(=O)CCC(=O)OCCOO1. The maximum atomic E-state index is 11.2. The Balaban J connectivity index is 2.48. The van der Waals surface area contributed by atoms with Crippen molar-refractivity contribution in [1.29, 1.82) is 0 Å². The van der Waals surface area contributed by atoms with E-state index in [9.17, 15) is 9.59 Å². The van der Waals surface area contributed by atoms with Crippen LogP contribution in [-0.2, 0) is 28.8 Å². The smallest absolute Gasteiger partial charge is 0.306 e. The molecule has 1 fully saturated rings. The monoisotopic (exact) mass is 232 g/mol. The molecule has 0 N–H and O–H groups in total. The van der Waals surface area contributed by atoms with Gasteiger partial charge in [-0.25, -0.2) is 9.78 Å². The Hall–Kier alpha value is -1.14. The fraction of sp³-hybridized carbons (Fsp3) is 0.800. The van der Waals surface area contributed by atoms with Crippen LogP contribution in [0.25, 0.3) is 0 Å². The van der Waals surface area contributed by atoms with Gasteiger partial charge in [-0.15, -0.1) is 0 Å². The van der Waals surface area contributed by atoms with Crippen LogP contribution in [0.1, 0.15) is 26.7 Å². The third kappa shape index (κ3) is 5.09. The predicted octanol–water partition coefficient (Wildman–Crippen LogP) is 0.593. The Morgan fingerprint density at radius 3 is 2.31 bits per heavy atom. The van der Waals surface area contributed by atoms with Crippen LogP contribution in [0, 0.1) is 0 Å². The normalized spacial score (nSPS) is 23.6. The van der Waals surface area contributed by atoms with E-state index in [2.05, 4.69) is 0 Å². The molecule has 6 nitrogen and oxygen atoms in total. The van der Waals surface area contributed by atoms with Crippen LogP contribution >= 0.6 is 0 Å². The average molecular weight is 232 g/mol. The van der Waals surface area contributed by atoms with Gasteiger partial charge in [-0.2, -0.15) is 0 Å². The van der Waals surface area contributed by atoms with Gasteiger partial charge in [-0.05, 0) is 13.8 Å². The Morgan fingerprint density at radius 1 is 1.00 bits per heavy atom. The number of carbonyl (C=O) groups excluding carboxylic acids is 2. The molecular weight excluding hydrogens is 216 g/mol. The summed E-state index contributed by atoms with van der Waals surface area (Å²) >= 11 is 0. The van der Waals surface area contributed by atoms with Crippen molar-refractivity contribution in [1.82, 2.24) is 0 Å². The van der Waals surface area contributed by atoms with Gasteiger partial charge in [0.25, 0.3) is 0 Å². The molecule has 16 heavy (non-hydrogen) atoms. The highest BCUT2D eigenvalue weighted by Crippen LogP contribution is 2.11. The lowest BCUT2D eigenvalue weighted by Crippen LogP contribution is -2.33. The average Bonchev–Trinajstić information content (AvgIpc) is 2.22. The molecule has 0 aromatic heterocycles. The molecule has 0 aliphatic carbocycles. The van der Waals surface area contributed by atoms with E-state index in [0.29, 0.717) is 0 Å². The molecule has 0 saturated carbocycles. The molecule has 1 heterocycles. The molecule has 0 aromatic rings. The lowest BCUT2D eigenvalue weighted by atomic mass is 10.2. The third-order valence-electron chi connectivity index (χ3n) is 1.83. The minimum absolute atomic E-state index is 0.0236. The summed E-state index contributed by atoms with van der Waals surface area (Å²) in [5, 5.41) is 0. The molecule has 0 atom stereocenters. The molecule has 0 unspecified atom stereocenters. The summed E-state index contributed by atoms with van der Waals surface area (Å²) in [4.78, 5) is 32.1. The zero-order valence-electron chi connectivity index (χ0n) is 9.49. The van der Waals surface area contributed by atoms with Crippen LogP contribution in [-0.4, -0.2) is 37.4 Å². The lowest BCUT2D eigenvalue weighted by molar-refractivity contribution is -0.360. The van der Waals surface area contributed by atoms with E-state index in [4.69, 9.17) is 19.2 Å². The van der Waals surface area contributed by atoms with Crippen LogP contribution in [0.2, 0.25) is 0 Å². The van der Waals surface area contributed by atoms with Crippen molar-refractivity contribution >= 4 is 11.9 Å². The lowest BCUT2D eigenvalue weighted by Gasteiger charge is -2.23. The van der Waals surface area contributed by atoms with E-state index in [-0.39, 0.29) is 32.7 Å². The maximum absolute atomic E-state index is 11.2. The summed E-state index contributed by atoms with van der Waals surface area (Å²) < 4.78 is 9.71. The minimum Gasteiger partial charge on any atom is -0.463 e. The van der Waals surface area contributed by atoms with Gasteiger partial charge in [0.2, 0.25) is 0 Å². The van der Waals surface area contributed by atoms with Crippen LogP contribution < -0.4 is 0 Å². The Bertz CT molecular complexity index is 260. The molecule has 0 bridgehead atoms. The number of ether oxygens (including phenoxy) is 2. The second-order valence-corrected chi connectivity index (χ2v) is 4.05. The quantitative estimate of drug-likeness (QED) is 0.449. The number of cyclic esters (lactones) is 2. The summed E-state index contributed by atoms with van der Waals surface area (Å²) in [6, 6.07) is 0. The van der Waals surface area contributed by atoms with E-state index >= 15 is 0 Å². The first-order valence-electron chi connectivity index (χ1n) is 5.11. The van der Waals surface area contributed by atoms with Crippen molar-refractivity contribution in [3.05, 3.63) is 0 Å². The Labute approximate surface area is 93.7 Å². The first-order valence-corrected chi connectivity index (χ1v) is 5.11. The van der Waals surface area contributed by atoms with E-state index in [1.165, 1.54) is 0 Å². The van der Waals surface area contributed by atoms with Crippen LogP contribution in [0.3, 0.4) is 0 Å². The second-order valence-electron chi connectivity index (χ2n) is 4.05. The van der Waals surface area contributed by atoms with Gasteiger partial charge in [0.05, 0.1) is 12.8 Å². The summed E-state index contributed by atoms with van der Waals surface area (Å²) in [7, 11) is 0. The number of carbonyl (C=O) groups is 2. The first kappa shape index (κ1) is 12.9.